The number of halogens is 2. The maximum Gasteiger partial charge on any atom is 0.319 e. The van der Waals surface area contributed by atoms with Crippen LogP contribution in [-0.2, 0) is 17.5 Å². The van der Waals surface area contributed by atoms with Gasteiger partial charge in [-0.1, -0.05) is 106 Å². The second kappa shape index (κ2) is 20.7. The first-order chi connectivity index (χ1) is 35.3. The normalized spacial score (nSPS) is 18.8. The third kappa shape index (κ3) is 9.94. The first-order valence-electron chi connectivity index (χ1n) is 25.3. The monoisotopic (exact) mass is 1010 g/mol. The predicted molar refractivity (Wildman–Crippen MR) is 286 cm³/mol. The summed E-state index contributed by atoms with van der Waals surface area (Å²) in [7, 11) is 0.369. The first kappa shape index (κ1) is 49.9. The Morgan fingerprint density at radius 3 is 2.05 bits per heavy atom. The van der Waals surface area contributed by atoms with Gasteiger partial charge in [-0.05, 0) is 102 Å². The van der Waals surface area contributed by atoms with E-state index in [0.29, 0.717) is 61.9 Å². The molecule has 0 radical (unpaired) electrons. The third-order valence-electron chi connectivity index (χ3n) is 14.9. The standard InChI is InChI=1S/C58H65F2N7O5Si/c1-39-31-48(61-49(32-39)65(34-41-19-23-44(68-6)24-20-41)35-42-21-25-45(69-7)26-22-42)52-51(60)53-50-54(64-56(63-53)71-38-58-27-14-28-66(58)36-43(59)33-58)67(40(2)37-70-55(50)62-52)29-30-72-73(57(3,4)5,46-15-10-8-11-16-46)47-17-12-9-13-18-47/h8-13,15-26,31-32,40,43H,14,27-30,33-38H2,1-7H3/t40-,43+,58-/m0/s1. The minimum absolute atomic E-state index is 0.000693. The summed E-state index contributed by atoms with van der Waals surface area (Å²) >= 11 is 0. The molecule has 2 saturated heterocycles. The van der Waals surface area contributed by atoms with Crippen LogP contribution in [0.3, 0.4) is 0 Å². The van der Waals surface area contributed by atoms with Crippen molar-refractivity contribution in [2.75, 3.05) is 63.5 Å². The van der Waals surface area contributed by atoms with E-state index in [1.807, 2.05) is 79.7 Å². The number of rotatable bonds is 17. The number of hydrogen-bond donors (Lipinski definition) is 0. The van der Waals surface area contributed by atoms with Gasteiger partial charge in [0.15, 0.2) is 5.82 Å². The van der Waals surface area contributed by atoms with Gasteiger partial charge in [0.05, 0.1) is 38.1 Å². The molecule has 3 atom stereocenters. The van der Waals surface area contributed by atoms with Crippen LogP contribution in [0.5, 0.6) is 23.4 Å². The quantitative estimate of drug-likeness (QED) is 0.0811. The molecule has 7 aromatic rings. The molecule has 0 aliphatic carbocycles. The molecule has 6 heterocycles. The van der Waals surface area contributed by atoms with Crippen LogP contribution in [0, 0.1) is 12.7 Å². The molecule has 0 saturated carbocycles. The number of fused-ring (bicyclic) bond motifs is 1. The molecule has 0 N–H and O–H groups in total. The highest BCUT2D eigenvalue weighted by Crippen LogP contribution is 2.44. The Morgan fingerprint density at radius 2 is 1.45 bits per heavy atom. The maximum absolute atomic E-state index is 18.0. The van der Waals surface area contributed by atoms with Crippen LogP contribution in [-0.4, -0.2) is 105 Å². The van der Waals surface area contributed by atoms with Gasteiger partial charge < -0.3 is 33.2 Å². The van der Waals surface area contributed by atoms with Gasteiger partial charge in [0.2, 0.25) is 5.88 Å². The zero-order valence-electron chi connectivity index (χ0n) is 42.9. The number of benzene rings is 4. The van der Waals surface area contributed by atoms with E-state index in [1.165, 1.54) is 10.4 Å². The van der Waals surface area contributed by atoms with Crippen molar-refractivity contribution in [1.82, 2.24) is 24.8 Å². The highest BCUT2D eigenvalue weighted by atomic mass is 28.4. The van der Waals surface area contributed by atoms with Gasteiger partial charge >= 0.3 is 6.01 Å². The summed E-state index contributed by atoms with van der Waals surface area (Å²) in [5, 5.41) is 2.43. The van der Waals surface area contributed by atoms with Gasteiger partial charge in [-0.2, -0.15) is 9.97 Å². The van der Waals surface area contributed by atoms with Crippen molar-refractivity contribution in [1.29, 1.82) is 0 Å². The van der Waals surface area contributed by atoms with Crippen LogP contribution >= 0.6 is 0 Å². The predicted octanol–water partition coefficient (Wildman–Crippen LogP) is 9.88. The number of nitrogens with zero attached hydrogens (tertiary/aromatic N) is 7. The molecule has 3 aromatic heterocycles. The summed E-state index contributed by atoms with van der Waals surface area (Å²) in [6, 6.07) is 40.5. The lowest BCUT2D eigenvalue weighted by Gasteiger charge is -2.43. The van der Waals surface area contributed by atoms with E-state index >= 15 is 8.78 Å². The molecule has 0 unspecified atom stereocenters. The lowest BCUT2D eigenvalue weighted by Crippen LogP contribution is -2.67. The molecule has 4 aromatic carbocycles. The summed E-state index contributed by atoms with van der Waals surface area (Å²) in [5.41, 5.74) is 2.76. The van der Waals surface area contributed by atoms with Crippen molar-refractivity contribution >= 4 is 41.2 Å². The second-order valence-corrected chi connectivity index (χ2v) is 25.1. The van der Waals surface area contributed by atoms with Crippen LogP contribution in [0.4, 0.5) is 20.4 Å². The number of ether oxygens (including phenoxy) is 4. The van der Waals surface area contributed by atoms with Crippen molar-refractivity contribution in [3.05, 3.63) is 144 Å². The van der Waals surface area contributed by atoms with Crippen molar-refractivity contribution in [2.24, 2.45) is 0 Å². The molecule has 0 amide bonds. The minimum Gasteiger partial charge on any atom is -0.497 e. The van der Waals surface area contributed by atoms with Crippen LogP contribution in [0.25, 0.3) is 22.3 Å². The smallest absolute Gasteiger partial charge is 0.319 e. The maximum atomic E-state index is 18.0. The summed E-state index contributed by atoms with van der Waals surface area (Å²) < 4.78 is 64.5. The van der Waals surface area contributed by atoms with Crippen molar-refractivity contribution in [3.63, 3.8) is 0 Å². The molecule has 0 spiro atoms. The molecule has 73 heavy (non-hydrogen) atoms. The van der Waals surface area contributed by atoms with Crippen molar-refractivity contribution in [3.8, 4) is 34.8 Å². The molecule has 3 aliphatic rings. The van der Waals surface area contributed by atoms with E-state index in [4.69, 9.17) is 43.3 Å². The summed E-state index contributed by atoms with van der Waals surface area (Å²) in [5.74, 6) is 2.10. The fraction of sp³-hybridized carbons (Fsp3) is 0.379. The number of methoxy groups -OCH3 is 2. The average molecular weight is 1010 g/mol. The van der Waals surface area contributed by atoms with E-state index in [2.05, 4.69) is 90.9 Å². The molecule has 380 valence electrons. The highest BCUT2D eigenvalue weighted by Gasteiger charge is 2.51. The number of hydrogen-bond acceptors (Lipinski definition) is 12. The fourth-order valence-corrected chi connectivity index (χ4v) is 15.8. The lowest BCUT2D eigenvalue weighted by atomic mass is 9.95. The number of aromatic nitrogens is 4. The Bertz CT molecular complexity index is 2950. The van der Waals surface area contributed by atoms with Crippen LogP contribution < -0.4 is 39.1 Å². The average Bonchev–Trinajstić information content (AvgIpc) is 3.89. The van der Waals surface area contributed by atoms with E-state index in [9.17, 15) is 0 Å². The Morgan fingerprint density at radius 1 is 0.822 bits per heavy atom. The van der Waals surface area contributed by atoms with E-state index in [-0.39, 0.29) is 47.4 Å². The zero-order valence-corrected chi connectivity index (χ0v) is 43.9. The SMILES string of the molecule is COc1ccc(CN(Cc2ccc(OC)cc2)c2cc(C)cc(-c3nc4c5c(nc(OC[C@@]67CCCN6C[C@H](F)C7)nc5c3F)N(CCO[Si](c3ccccc3)(c3ccccc3)C(C)(C)C)[C@@H](C)CO4)n2)cc1. The number of pyridine rings is 2. The fourth-order valence-electron chi connectivity index (χ4n) is 11.2. The molecular formula is C58H65F2N7O5Si. The lowest BCUT2D eigenvalue weighted by molar-refractivity contribution is 0.107. The zero-order chi connectivity index (χ0) is 50.9. The van der Waals surface area contributed by atoms with Gasteiger partial charge in [-0.25, -0.2) is 18.7 Å². The molecule has 12 nitrogen and oxygen atoms in total. The molecule has 3 aliphatic heterocycles. The van der Waals surface area contributed by atoms with Gasteiger partial charge in [0, 0.05) is 32.6 Å². The number of aryl methyl sites for hydroxylation is 1. The highest BCUT2D eigenvalue weighted by molar-refractivity contribution is 6.99. The minimum atomic E-state index is -2.93. The van der Waals surface area contributed by atoms with Gasteiger partial charge in [-0.3, -0.25) is 4.90 Å². The summed E-state index contributed by atoms with van der Waals surface area (Å²) in [6.07, 6.45) is 1.17. The molecular weight excluding hydrogens is 941 g/mol. The van der Waals surface area contributed by atoms with Crippen LogP contribution in [0.1, 0.15) is 63.6 Å². The largest absolute Gasteiger partial charge is 0.497 e. The van der Waals surface area contributed by atoms with Gasteiger partial charge in [0.1, 0.15) is 59.1 Å². The van der Waals surface area contributed by atoms with E-state index in [1.54, 1.807) is 14.2 Å². The molecule has 15 heteroatoms. The molecule has 0 bridgehead atoms. The number of anilines is 2. The summed E-state index contributed by atoms with van der Waals surface area (Å²) in [6.45, 7) is 14.1. The van der Waals surface area contributed by atoms with E-state index in [0.717, 1.165) is 47.6 Å². The van der Waals surface area contributed by atoms with Gasteiger partial charge in [0.25, 0.3) is 8.32 Å². The first-order valence-corrected chi connectivity index (χ1v) is 27.3. The Hall–Kier alpha value is -6.68. The Labute approximate surface area is 428 Å². The van der Waals surface area contributed by atoms with Crippen LogP contribution in [0.15, 0.2) is 121 Å². The van der Waals surface area contributed by atoms with Crippen molar-refractivity contribution < 1.29 is 32.2 Å². The molecule has 10 rings (SSSR count). The second-order valence-electron chi connectivity index (χ2n) is 20.8. The Kier molecular flexibility index (Phi) is 14.1. The third-order valence-corrected chi connectivity index (χ3v) is 19.9. The number of alkyl halides is 1. The Balaban J connectivity index is 1.06. The van der Waals surface area contributed by atoms with Gasteiger partial charge in [-0.15, -0.1) is 0 Å². The topological polar surface area (TPSA) is 107 Å². The van der Waals surface area contributed by atoms with Crippen molar-refractivity contribution in [2.45, 2.75) is 89.8 Å². The molecule has 2 fully saturated rings. The van der Waals surface area contributed by atoms with Crippen LogP contribution in [0.2, 0.25) is 5.04 Å². The summed E-state index contributed by atoms with van der Waals surface area (Å²) in [4.78, 5) is 26.6. The van der Waals surface area contributed by atoms with E-state index < -0.39 is 25.8 Å².